The van der Waals surface area contributed by atoms with E-state index >= 15 is 0 Å². The van der Waals surface area contributed by atoms with Gasteiger partial charge in [0.2, 0.25) is 0 Å². The van der Waals surface area contributed by atoms with Crippen LogP contribution in [0.25, 0.3) is 0 Å². The van der Waals surface area contributed by atoms with Gasteiger partial charge in [0.25, 0.3) is 0 Å². The summed E-state index contributed by atoms with van der Waals surface area (Å²) >= 11 is 0. The molecule has 0 unspecified atom stereocenters. The highest BCUT2D eigenvalue weighted by molar-refractivity contribution is 5.99. The van der Waals surface area contributed by atoms with Crippen LogP contribution in [0, 0.1) is 12.8 Å². The van der Waals surface area contributed by atoms with Crippen LogP contribution in [0.1, 0.15) is 40.7 Å². The summed E-state index contributed by atoms with van der Waals surface area (Å²) in [5.41, 5.74) is 3.13. The van der Waals surface area contributed by atoms with Gasteiger partial charge in [-0.1, -0.05) is 6.07 Å². The molecule has 0 radical (unpaired) electrons. The summed E-state index contributed by atoms with van der Waals surface area (Å²) in [5, 5.41) is 0. The SMILES string of the molecule is COc1ccc(C(=O)[C@@H]2CCCN(CCCc3cccnc3)C2)c(C)c1. The number of benzene rings is 1. The second kappa shape index (κ2) is 8.95. The van der Waals surface area contributed by atoms with Crippen LogP contribution in [0.5, 0.6) is 5.75 Å². The Balaban J connectivity index is 1.55. The molecule has 3 rings (SSSR count). The van der Waals surface area contributed by atoms with Crippen molar-refractivity contribution < 1.29 is 9.53 Å². The number of ketones is 1. The fourth-order valence-corrected chi connectivity index (χ4v) is 3.78. The summed E-state index contributed by atoms with van der Waals surface area (Å²) in [5.74, 6) is 1.19. The van der Waals surface area contributed by atoms with E-state index in [1.54, 1.807) is 7.11 Å². The number of likely N-dealkylation sites (tertiary alicyclic amines) is 1. The van der Waals surface area contributed by atoms with Gasteiger partial charge in [-0.2, -0.15) is 0 Å². The van der Waals surface area contributed by atoms with Gasteiger partial charge in [0.15, 0.2) is 5.78 Å². The van der Waals surface area contributed by atoms with Gasteiger partial charge >= 0.3 is 0 Å². The van der Waals surface area contributed by atoms with Crippen molar-refractivity contribution in [2.75, 3.05) is 26.7 Å². The van der Waals surface area contributed by atoms with Crippen LogP contribution in [-0.4, -0.2) is 42.4 Å². The van der Waals surface area contributed by atoms with Crippen molar-refractivity contribution in [3.63, 3.8) is 0 Å². The first-order valence-corrected chi connectivity index (χ1v) is 9.47. The zero-order valence-electron chi connectivity index (χ0n) is 15.8. The Bertz CT molecular complexity index is 730. The number of aromatic nitrogens is 1. The Kier molecular flexibility index (Phi) is 6.40. The van der Waals surface area contributed by atoms with E-state index in [1.807, 2.05) is 43.6 Å². The van der Waals surface area contributed by atoms with Crippen LogP contribution >= 0.6 is 0 Å². The van der Waals surface area contributed by atoms with Gasteiger partial charge < -0.3 is 9.64 Å². The molecule has 0 amide bonds. The number of ether oxygens (including phenoxy) is 1. The number of hydrogen-bond donors (Lipinski definition) is 0. The molecule has 1 aromatic heterocycles. The molecule has 2 aromatic rings. The molecule has 0 N–H and O–H groups in total. The lowest BCUT2D eigenvalue weighted by Gasteiger charge is -2.32. The van der Waals surface area contributed by atoms with E-state index in [4.69, 9.17) is 4.74 Å². The predicted molar refractivity (Wildman–Crippen MR) is 104 cm³/mol. The second-order valence-electron chi connectivity index (χ2n) is 7.15. The largest absolute Gasteiger partial charge is 0.497 e. The summed E-state index contributed by atoms with van der Waals surface area (Å²) in [6.45, 7) is 5.00. The number of piperidine rings is 1. The maximum Gasteiger partial charge on any atom is 0.167 e. The van der Waals surface area contributed by atoms with Gasteiger partial charge in [-0.3, -0.25) is 9.78 Å². The lowest BCUT2D eigenvalue weighted by Crippen LogP contribution is -2.39. The number of carbonyl (C=O) groups excluding carboxylic acids is 1. The molecule has 1 saturated heterocycles. The van der Waals surface area contributed by atoms with Gasteiger partial charge in [0.05, 0.1) is 7.11 Å². The normalized spacial score (nSPS) is 17.8. The monoisotopic (exact) mass is 352 g/mol. The summed E-state index contributed by atoms with van der Waals surface area (Å²) in [6.07, 6.45) is 7.98. The summed E-state index contributed by atoms with van der Waals surface area (Å²) < 4.78 is 5.25. The molecular weight excluding hydrogens is 324 g/mol. The molecule has 26 heavy (non-hydrogen) atoms. The number of rotatable bonds is 7. The minimum absolute atomic E-state index is 0.106. The minimum atomic E-state index is 0.106. The molecule has 0 aliphatic carbocycles. The first-order chi connectivity index (χ1) is 12.7. The van der Waals surface area contributed by atoms with Gasteiger partial charge in [0.1, 0.15) is 5.75 Å². The molecular formula is C22H28N2O2. The average Bonchev–Trinajstić information content (AvgIpc) is 2.68. The number of nitrogens with zero attached hydrogens (tertiary/aromatic N) is 2. The third kappa shape index (κ3) is 4.70. The Morgan fingerprint density at radius 1 is 1.35 bits per heavy atom. The van der Waals surface area contributed by atoms with E-state index in [1.165, 1.54) is 5.56 Å². The molecule has 0 bridgehead atoms. The molecule has 1 aromatic carbocycles. The van der Waals surface area contributed by atoms with Crippen LogP contribution in [0.3, 0.4) is 0 Å². The number of carbonyl (C=O) groups is 1. The van der Waals surface area contributed by atoms with Crippen molar-refractivity contribution in [1.82, 2.24) is 9.88 Å². The van der Waals surface area contributed by atoms with Crippen molar-refractivity contribution >= 4 is 5.78 Å². The van der Waals surface area contributed by atoms with Gasteiger partial charge in [0, 0.05) is 30.4 Å². The van der Waals surface area contributed by atoms with Crippen molar-refractivity contribution in [3.05, 3.63) is 59.4 Å². The fourth-order valence-electron chi connectivity index (χ4n) is 3.78. The topological polar surface area (TPSA) is 42.4 Å². The first kappa shape index (κ1) is 18.6. The molecule has 1 aliphatic heterocycles. The molecule has 138 valence electrons. The van der Waals surface area contributed by atoms with Crippen LogP contribution in [0.4, 0.5) is 0 Å². The van der Waals surface area contributed by atoms with Crippen molar-refractivity contribution in [2.24, 2.45) is 5.92 Å². The van der Waals surface area contributed by atoms with Crippen LogP contribution in [0.2, 0.25) is 0 Å². The molecule has 4 nitrogen and oxygen atoms in total. The highest BCUT2D eigenvalue weighted by Crippen LogP contribution is 2.25. The Morgan fingerprint density at radius 2 is 2.23 bits per heavy atom. The average molecular weight is 352 g/mol. The Hall–Kier alpha value is -2.20. The van der Waals surface area contributed by atoms with E-state index in [-0.39, 0.29) is 11.7 Å². The van der Waals surface area contributed by atoms with Gasteiger partial charge in [-0.25, -0.2) is 0 Å². The maximum atomic E-state index is 13.0. The van der Waals surface area contributed by atoms with Crippen LogP contribution in [-0.2, 0) is 6.42 Å². The Morgan fingerprint density at radius 3 is 2.96 bits per heavy atom. The molecule has 1 fully saturated rings. The molecule has 1 atom stereocenters. The lowest BCUT2D eigenvalue weighted by molar-refractivity contribution is 0.0818. The van der Waals surface area contributed by atoms with E-state index < -0.39 is 0 Å². The lowest BCUT2D eigenvalue weighted by atomic mass is 9.88. The van der Waals surface area contributed by atoms with Crippen molar-refractivity contribution in [3.8, 4) is 5.75 Å². The van der Waals surface area contributed by atoms with Gasteiger partial charge in [-0.15, -0.1) is 0 Å². The first-order valence-electron chi connectivity index (χ1n) is 9.47. The van der Waals surface area contributed by atoms with Crippen LogP contribution in [0.15, 0.2) is 42.7 Å². The number of hydrogen-bond acceptors (Lipinski definition) is 4. The number of pyridine rings is 1. The second-order valence-corrected chi connectivity index (χ2v) is 7.15. The highest BCUT2D eigenvalue weighted by Gasteiger charge is 2.27. The van der Waals surface area contributed by atoms with Crippen molar-refractivity contribution in [2.45, 2.75) is 32.6 Å². The summed E-state index contributed by atoms with van der Waals surface area (Å²) in [4.78, 5) is 19.6. The number of aryl methyl sites for hydroxylation is 2. The number of Topliss-reactive ketones (excluding diaryl/α,β-unsaturated/α-hetero) is 1. The molecule has 0 saturated carbocycles. The zero-order chi connectivity index (χ0) is 18.4. The number of methoxy groups -OCH3 is 1. The smallest absolute Gasteiger partial charge is 0.167 e. The molecule has 4 heteroatoms. The summed E-state index contributed by atoms with van der Waals surface area (Å²) in [7, 11) is 1.65. The predicted octanol–water partition coefficient (Wildman–Crippen LogP) is 3.93. The Labute approximate surface area is 156 Å². The standard InChI is InChI=1S/C22H28N2O2/c1-17-14-20(26-2)9-10-21(17)22(25)19-8-5-13-24(16-19)12-4-7-18-6-3-11-23-15-18/h3,6,9-11,14-15,19H,4-5,7-8,12-13,16H2,1-2H3/t19-/m1/s1. The quantitative estimate of drug-likeness (QED) is 0.708. The molecule has 0 spiro atoms. The van der Waals surface area contributed by atoms with E-state index in [9.17, 15) is 4.79 Å². The molecule has 1 aliphatic rings. The highest BCUT2D eigenvalue weighted by atomic mass is 16.5. The minimum Gasteiger partial charge on any atom is -0.497 e. The molecule has 2 heterocycles. The maximum absolute atomic E-state index is 13.0. The van der Waals surface area contributed by atoms with E-state index in [2.05, 4.69) is 16.0 Å². The third-order valence-electron chi connectivity index (χ3n) is 5.24. The van der Waals surface area contributed by atoms with E-state index in [0.717, 1.165) is 62.2 Å². The van der Waals surface area contributed by atoms with Gasteiger partial charge in [-0.05, 0) is 81.1 Å². The van der Waals surface area contributed by atoms with E-state index in [0.29, 0.717) is 0 Å². The van der Waals surface area contributed by atoms with Crippen molar-refractivity contribution in [1.29, 1.82) is 0 Å². The third-order valence-corrected chi connectivity index (χ3v) is 5.24. The van der Waals surface area contributed by atoms with Crippen LogP contribution < -0.4 is 4.74 Å². The zero-order valence-corrected chi connectivity index (χ0v) is 15.8. The fraction of sp³-hybridized carbons (Fsp3) is 0.455. The summed E-state index contributed by atoms with van der Waals surface area (Å²) in [6, 6.07) is 9.86.